The largest absolute Gasteiger partial charge is 0.467 e. The van der Waals surface area contributed by atoms with Gasteiger partial charge in [-0.05, 0) is 29.2 Å². The molecule has 0 aliphatic rings. The summed E-state index contributed by atoms with van der Waals surface area (Å²) in [4.78, 5) is 37.2. The molecule has 0 spiro atoms. The maximum absolute atomic E-state index is 13.1. The van der Waals surface area contributed by atoms with E-state index in [0.29, 0.717) is 5.56 Å². The van der Waals surface area contributed by atoms with Crippen molar-refractivity contribution in [1.82, 2.24) is 10.6 Å². The Balaban J connectivity index is 2.00. The summed E-state index contributed by atoms with van der Waals surface area (Å²) in [6, 6.07) is 12.8. The highest BCUT2D eigenvalue weighted by Gasteiger charge is 2.29. The summed E-state index contributed by atoms with van der Waals surface area (Å²) in [5.41, 5.74) is 1.46. The van der Waals surface area contributed by atoms with Crippen molar-refractivity contribution in [3.05, 3.63) is 71.5 Å². The number of carbonyl (C=O) groups excluding carboxylic acids is 3. The van der Waals surface area contributed by atoms with Crippen LogP contribution in [-0.4, -0.2) is 37.2 Å². The fourth-order valence-electron chi connectivity index (χ4n) is 2.88. The number of amides is 2. The third-order valence-electron chi connectivity index (χ3n) is 4.59. The van der Waals surface area contributed by atoms with Gasteiger partial charge in [0.05, 0.1) is 7.11 Å². The van der Waals surface area contributed by atoms with Gasteiger partial charge in [-0.3, -0.25) is 4.79 Å². The van der Waals surface area contributed by atoms with Gasteiger partial charge in [0, 0.05) is 6.42 Å². The van der Waals surface area contributed by atoms with Crippen molar-refractivity contribution in [2.24, 2.45) is 5.92 Å². The molecule has 0 aliphatic carbocycles. The first-order valence-corrected chi connectivity index (χ1v) is 9.90. The number of alkyl carbamates (subject to hydrolysis) is 1. The van der Waals surface area contributed by atoms with E-state index >= 15 is 0 Å². The molecule has 2 aromatic carbocycles. The molecule has 0 radical (unpaired) electrons. The number of halogens is 1. The third-order valence-corrected chi connectivity index (χ3v) is 4.59. The van der Waals surface area contributed by atoms with Crippen LogP contribution in [0.5, 0.6) is 0 Å². The lowest BCUT2D eigenvalue weighted by Gasteiger charge is -2.24. The zero-order valence-corrected chi connectivity index (χ0v) is 17.8. The van der Waals surface area contributed by atoms with Crippen LogP contribution in [-0.2, 0) is 32.1 Å². The van der Waals surface area contributed by atoms with Crippen LogP contribution >= 0.6 is 0 Å². The van der Waals surface area contributed by atoms with Gasteiger partial charge in [0.15, 0.2) is 0 Å². The summed E-state index contributed by atoms with van der Waals surface area (Å²) < 4.78 is 23.1. The van der Waals surface area contributed by atoms with Crippen LogP contribution < -0.4 is 10.6 Å². The van der Waals surface area contributed by atoms with Gasteiger partial charge in [-0.1, -0.05) is 56.3 Å². The van der Waals surface area contributed by atoms with E-state index in [2.05, 4.69) is 10.6 Å². The number of carbonyl (C=O) groups is 3. The lowest BCUT2D eigenvalue weighted by atomic mass is 10.0. The SMILES string of the molecule is COC(=O)[C@@H](Cc1ccc(F)cc1)NC(=O)[C@H](NC(=O)OCc1ccccc1)C(C)C. The fourth-order valence-corrected chi connectivity index (χ4v) is 2.88. The van der Waals surface area contributed by atoms with Crippen LogP contribution in [0.4, 0.5) is 9.18 Å². The standard InChI is InChI=1S/C23H27FN2O5/c1-15(2)20(26-23(29)31-14-17-7-5-4-6-8-17)21(27)25-19(22(28)30-3)13-16-9-11-18(24)12-10-16/h4-12,15,19-20H,13-14H2,1-3H3,(H,25,27)(H,26,29)/t19-,20-/m1/s1. The van der Waals surface area contributed by atoms with Gasteiger partial charge in [0.2, 0.25) is 5.91 Å². The number of nitrogens with one attached hydrogen (secondary N) is 2. The predicted molar refractivity (Wildman–Crippen MR) is 112 cm³/mol. The molecule has 0 aliphatic heterocycles. The van der Waals surface area contributed by atoms with Crippen LogP contribution in [0.3, 0.4) is 0 Å². The summed E-state index contributed by atoms with van der Waals surface area (Å²) in [7, 11) is 1.21. The first kappa shape index (κ1) is 23.9. The second-order valence-electron chi connectivity index (χ2n) is 7.34. The summed E-state index contributed by atoms with van der Waals surface area (Å²) >= 11 is 0. The van der Waals surface area contributed by atoms with Crippen LogP contribution in [0.15, 0.2) is 54.6 Å². The van der Waals surface area contributed by atoms with Crippen molar-refractivity contribution in [1.29, 1.82) is 0 Å². The number of methoxy groups -OCH3 is 1. The third kappa shape index (κ3) is 7.73. The average Bonchev–Trinajstić information content (AvgIpc) is 2.76. The highest BCUT2D eigenvalue weighted by Crippen LogP contribution is 2.09. The highest BCUT2D eigenvalue weighted by molar-refractivity contribution is 5.90. The minimum Gasteiger partial charge on any atom is -0.467 e. The van der Waals surface area contributed by atoms with Crippen molar-refractivity contribution in [3.63, 3.8) is 0 Å². The van der Waals surface area contributed by atoms with Gasteiger partial charge in [0.25, 0.3) is 0 Å². The molecular weight excluding hydrogens is 403 g/mol. The van der Waals surface area contributed by atoms with E-state index in [1.807, 2.05) is 30.3 Å². The Kier molecular flexibility index (Phi) is 8.99. The van der Waals surface area contributed by atoms with Gasteiger partial charge < -0.3 is 20.1 Å². The Hall–Kier alpha value is -3.42. The maximum Gasteiger partial charge on any atom is 0.408 e. The predicted octanol–water partition coefficient (Wildman–Crippen LogP) is 2.98. The first-order chi connectivity index (χ1) is 14.8. The summed E-state index contributed by atoms with van der Waals surface area (Å²) in [6.45, 7) is 3.58. The van der Waals surface area contributed by atoms with E-state index < -0.39 is 35.9 Å². The van der Waals surface area contributed by atoms with Crippen molar-refractivity contribution in [3.8, 4) is 0 Å². The Morgan fingerprint density at radius 2 is 1.58 bits per heavy atom. The summed E-state index contributed by atoms with van der Waals surface area (Å²) in [5, 5.41) is 5.16. The number of ether oxygens (including phenoxy) is 2. The Labute approximate surface area is 180 Å². The topological polar surface area (TPSA) is 93.7 Å². The molecule has 7 nitrogen and oxygen atoms in total. The zero-order chi connectivity index (χ0) is 22.8. The minimum atomic E-state index is -0.994. The molecule has 2 rings (SSSR count). The molecule has 0 fully saturated rings. The molecular formula is C23H27FN2O5. The molecule has 0 saturated heterocycles. The second kappa shape index (κ2) is 11.7. The van der Waals surface area contributed by atoms with Crippen LogP contribution in [0.2, 0.25) is 0 Å². The van der Waals surface area contributed by atoms with Gasteiger partial charge >= 0.3 is 12.1 Å². The van der Waals surface area contributed by atoms with Gasteiger partial charge in [-0.2, -0.15) is 0 Å². The molecule has 0 aromatic heterocycles. The first-order valence-electron chi connectivity index (χ1n) is 9.90. The molecule has 2 atom stereocenters. The number of benzene rings is 2. The molecule has 2 N–H and O–H groups in total. The van der Waals surface area contributed by atoms with Crippen LogP contribution in [0.25, 0.3) is 0 Å². The van der Waals surface area contributed by atoms with Crippen LogP contribution in [0.1, 0.15) is 25.0 Å². The summed E-state index contributed by atoms with van der Waals surface area (Å²) in [5.74, 6) is -1.87. The fraction of sp³-hybridized carbons (Fsp3) is 0.348. The number of rotatable bonds is 9. The van der Waals surface area contributed by atoms with E-state index in [4.69, 9.17) is 9.47 Å². The number of esters is 1. The van der Waals surface area contributed by atoms with Gasteiger partial charge in [-0.25, -0.2) is 14.0 Å². The monoisotopic (exact) mass is 430 g/mol. The molecule has 0 bridgehead atoms. The Bertz CT molecular complexity index is 871. The summed E-state index contributed by atoms with van der Waals surface area (Å²) in [6.07, 6.45) is -0.632. The highest BCUT2D eigenvalue weighted by atomic mass is 19.1. The van der Waals surface area contributed by atoms with E-state index in [1.54, 1.807) is 13.8 Å². The molecule has 0 heterocycles. The second-order valence-corrected chi connectivity index (χ2v) is 7.34. The minimum absolute atomic E-state index is 0.0639. The van der Waals surface area contributed by atoms with Gasteiger partial charge in [0.1, 0.15) is 24.5 Å². The maximum atomic E-state index is 13.1. The van der Waals surface area contributed by atoms with Gasteiger partial charge in [-0.15, -0.1) is 0 Å². The van der Waals surface area contributed by atoms with E-state index in [9.17, 15) is 18.8 Å². The van der Waals surface area contributed by atoms with Crippen molar-refractivity contribution in [2.45, 2.75) is 39.0 Å². The van der Waals surface area contributed by atoms with Crippen molar-refractivity contribution in [2.75, 3.05) is 7.11 Å². The van der Waals surface area contributed by atoms with Crippen molar-refractivity contribution >= 4 is 18.0 Å². The quantitative estimate of drug-likeness (QED) is 0.597. The molecule has 31 heavy (non-hydrogen) atoms. The molecule has 166 valence electrons. The molecule has 0 unspecified atom stereocenters. The molecule has 2 aromatic rings. The average molecular weight is 430 g/mol. The lowest BCUT2D eigenvalue weighted by molar-refractivity contribution is -0.145. The van der Waals surface area contributed by atoms with Crippen LogP contribution in [0, 0.1) is 11.7 Å². The Morgan fingerprint density at radius 1 is 0.935 bits per heavy atom. The van der Waals surface area contributed by atoms with E-state index in [-0.39, 0.29) is 18.9 Å². The Morgan fingerprint density at radius 3 is 2.16 bits per heavy atom. The number of hydrogen-bond donors (Lipinski definition) is 2. The van der Waals surface area contributed by atoms with E-state index in [0.717, 1.165) is 5.56 Å². The molecule has 2 amide bonds. The van der Waals surface area contributed by atoms with E-state index in [1.165, 1.54) is 31.4 Å². The van der Waals surface area contributed by atoms with Crippen molar-refractivity contribution < 1.29 is 28.2 Å². The number of hydrogen-bond acceptors (Lipinski definition) is 5. The normalized spacial score (nSPS) is 12.5. The molecule has 8 heteroatoms. The zero-order valence-electron chi connectivity index (χ0n) is 17.8. The lowest BCUT2D eigenvalue weighted by Crippen LogP contribution is -2.54. The molecule has 0 saturated carbocycles. The smallest absolute Gasteiger partial charge is 0.408 e.